The van der Waals surface area contributed by atoms with Crippen molar-refractivity contribution in [2.24, 2.45) is 0 Å². The fourth-order valence-electron chi connectivity index (χ4n) is 3.84. The van der Waals surface area contributed by atoms with Gasteiger partial charge < -0.3 is 9.84 Å². The first kappa shape index (κ1) is 26.2. The Morgan fingerprint density at radius 1 is 0.781 bits per heavy atom. The lowest BCUT2D eigenvalue weighted by molar-refractivity contribution is 0.438. The molecule has 0 aliphatic rings. The molecule has 32 heavy (non-hydrogen) atoms. The number of rotatable bonds is 16. The highest BCUT2D eigenvalue weighted by molar-refractivity contribution is 7.86. The van der Waals surface area contributed by atoms with Crippen LogP contribution in [-0.4, -0.2) is 18.1 Å². The maximum absolute atomic E-state index is 11.6. The molecule has 0 radical (unpaired) electrons. The predicted molar refractivity (Wildman–Crippen MR) is 129 cm³/mol. The van der Waals surface area contributed by atoms with Gasteiger partial charge in [0.1, 0.15) is 22.1 Å². The fraction of sp³-hybridized carbons (Fsp3) is 0.538. The van der Waals surface area contributed by atoms with Gasteiger partial charge in [-0.15, -0.1) is 0 Å². The number of ether oxygens (including phenoxy) is 1. The van der Waals surface area contributed by atoms with Gasteiger partial charge in [-0.1, -0.05) is 89.7 Å². The third kappa shape index (κ3) is 10.0. The first-order valence-electron chi connectivity index (χ1n) is 12.0. The number of hydrogen-bond acceptors (Lipinski definition) is 4. The minimum Gasteiger partial charge on any atom is -0.508 e. The molecule has 0 aromatic heterocycles. The van der Waals surface area contributed by atoms with Crippen molar-refractivity contribution < 1.29 is 22.8 Å². The number of phenols is 1. The minimum absolute atomic E-state index is 0.0205. The summed E-state index contributed by atoms with van der Waals surface area (Å²) in [6.07, 6.45) is 16.7. The van der Waals surface area contributed by atoms with Gasteiger partial charge in [0, 0.05) is 6.07 Å². The molecule has 0 spiro atoms. The predicted octanol–water partition coefficient (Wildman–Crippen LogP) is 7.67. The van der Waals surface area contributed by atoms with Gasteiger partial charge in [0.25, 0.3) is 10.1 Å². The van der Waals surface area contributed by atoms with E-state index in [0.717, 1.165) is 24.5 Å². The summed E-state index contributed by atoms with van der Waals surface area (Å²) in [4.78, 5) is -0.455. The zero-order chi connectivity index (χ0) is 23.2. The van der Waals surface area contributed by atoms with Gasteiger partial charge in [-0.3, -0.25) is 4.55 Å². The van der Waals surface area contributed by atoms with Crippen molar-refractivity contribution in [3.8, 4) is 17.2 Å². The molecule has 0 heterocycles. The molecule has 6 heteroatoms. The second kappa shape index (κ2) is 14.2. The quantitative estimate of drug-likeness (QED) is 0.197. The largest absolute Gasteiger partial charge is 0.508 e. The maximum atomic E-state index is 11.6. The van der Waals surface area contributed by atoms with Crippen LogP contribution < -0.4 is 4.74 Å². The third-order valence-corrected chi connectivity index (χ3v) is 6.53. The van der Waals surface area contributed by atoms with Crippen molar-refractivity contribution in [1.82, 2.24) is 0 Å². The Morgan fingerprint density at radius 3 is 1.97 bits per heavy atom. The van der Waals surface area contributed by atoms with Gasteiger partial charge >= 0.3 is 0 Å². The Hall–Kier alpha value is -2.05. The average Bonchev–Trinajstić information content (AvgIpc) is 2.75. The Morgan fingerprint density at radius 2 is 1.38 bits per heavy atom. The van der Waals surface area contributed by atoms with E-state index in [1.807, 2.05) is 18.2 Å². The maximum Gasteiger partial charge on any atom is 0.298 e. The SMILES string of the molecule is CCCCCCCCCCCCCCc1cccc(Oc2ccc(O)cc2S(=O)(=O)O)c1. The highest BCUT2D eigenvalue weighted by atomic mass is 32.2. The van der Waals surface area contributed by atoms with Gasteiger partial charge in [0.2, 0.25) is 0 Å². The van der Waals surface area contributed by atoms with E-state index in [2.05, 4.69) is 6.92 Å². The number of aromatic hydroxyl groups is 1. The Bertz CT molecular complexity index is 908. The smallest absolute Gasteiger partial charge is 0.298 e. The summed E-state index contributed by atoms with van der Waals surface area (Å²) >= 11 is 0. The number of benzene rings is 2. The first-order valence-corrected chi connectivity index (χ1v) is 13.4. The van der Waals surface area contributed by atoms with Gasteiger partial charge in [-0.25, -0.2) is 0 Å². The lowest BCUT2D eigenvalue weighted by atomic mass is 10.0. The monoisotopic (exact) mass is 462 g/mol. The molecule has 0 aliphatic carbocycles. The number of unbranched alkanes of at least 4 members (excludes halogenated alkanes) is 11. The molecule has 0 saturated heterocycles. The summed E-state index contributed by atoms with van der Waals surface area (Å²) in [6, 6.07) is 11.2. The van der Waals surface area contributed by atoms with Crippen LogP contribution in [0.15, 0.2) is 47.4 Å². The van der Waals surface area contributed by atoms with Crippen LogP contribution in [0.25, 0.3) is 0 Å². The molecule has 0 amide bonds. The Balaban J connectivity index is 1.70. The zero-order valence-electron chi connectivity index (χ0n) is 19.3. The molecule has 0 unspecified atom stereocenters. The molecule has 0 fully saturated rings. The highest BCUT2D eigenvalue weighted by Crippen LogP contribution is 2.32. The topological polar surface area (TPSA) is 83.8 Å². The molecule has 0 aliphatic heterocycles. The molecule has 178 valence electrons. The number of phenolic OH excluding ortho intramolecular Hbond substituents is 1. The van der Waals surface area contributed by atoms with E-state index in [4.69, 9.17) is 4.74 Å². The Labute approximate surface area is 193 Å². The molecule has 0 atom stereocenters. The summed E-state index contributed by atoms with van der Waals surface area (Å²) in [5, 5.41) is 9.52. The molecule has 0 bridgehead atoms. The van der Waals surface area contributed by atoms with E-state index in [0.29, 0.717) is 5.75 Å². The van der Waals surface area contributed by atoms with Crippen molar-refractivity contribution in [3.05, 3.63) is 48.0 Å². The normalized spacial score (nSPS) is 11.6. The lowest BCUT2D eigenvalue weighted by Gasteiger charge is -2.11. The van der Waals surface area contributed by atoms with Crippen LogP contribution in [-0.2, 0) is 16.5 Å². The molecule has 2 N–H and O–H groups in total. The second-order valence-electron chi connectivity index (χ2n) is 8.49. The third-order valence-electron chi connectivity index (χ3n) is 5.65. The summed E-state index contributed by atoms with van der Waals surface area (Å²) in [5.41, 5.74) is 1.13. The van der Waals surface area contributed by atoms with E-state index in [-0.39, 0.29) is 11.5 Å². The molecule has 2 rings (SSSR count). The van der Waals surface area contributed by atoms with Crippen molar-refractivity contribution in [1.29, 1.82) is 0 Å². The van der Waals surface area contributed by atoms with E-state index >= 15 is 0 Å². The molecule has 5 nitrogen and oxygen atoms in total. The number of aryl methyl sites for hydroxylation is 1. The second-order valence-corrected chi connectivity index (χ2v) is 9.88. The summed E-state index contributed by atoms with van der Waals surface area (Å²) in [5.74, 6) is 0.218. The molecular weight excluding hydrogens is 424 g/mol. The molecule has 2 aromatic carbocycles. The van der Waals surface area contributed by atoms with Crippen LogP contribution >= 0.6 is 0 Å². The van der Waals surface area contributed by atoms with Gasteiger partial charge in [0.15, 0.2) is 0 Å². The van der Waals surface area contributed by atoms with Crippen LogP contribution in [0.5, 0.6) is 17.2 Å². The van der Waals surface area contributed by atoms with Gasteiger partial charge in [0.05, 0.1) is 0 Å². The zero-order valence-corrected chi connectivity index (χ0v) is 20.1. The van der Waals surface area contributed by atoms with Gasteiger partial charge in [-0.05, 0) is 42.7 Å². The van der Waals surface area contributed by atoms with Crippen molar-refractivity contribution in [2.75, 3.05) is 0 Å². The van der Waals surface area contributed by atoms with Crippen LogP contribution in [0, 0.1) is 0 Å². The highest BCUT2D eigenvalue weighted by Gasteiger charge is 2.18. The summed E-state index contributed by atoms with van der Waals surface area (Å²) in [7, 11) is -4.51. The molecular formula is C26H38O5S. The first-order chi connectivity index (χ1) is 15.4. The van der Waals surface area contributed by atoms with Crippen molar-refractivity contribution >= 4 is 10.1 Å². The lowest BCUT2D eigenvalue weighted by Crippen LogP contribution is -2.01. The fourth-order valence-corrected chi connectivity index (χ4v) is 4.48. The average molecular weight is 463 g/mol. The van der Waals surface area contributed by atoms with Crippen LogP contribution in [0.1, 0.15) is 89.5 Å². The molecule has 2 aromatic rings. The Kier molecular flexibility index (Phi) is 11.6. The summed E-state index contributed by atoms with van der Waals surface area (Å²) in [6.45, 7) is 2.25. The van der Waals surface area contributed by atoms with E-state index < -0.39 is 15.0 Å². The standard InChI is InChI=1S/C26H38O5S/c1-2-3-4-5-6-7-8-9-10-11-12-13-15-22-16-14-17-24(20-22)31-25-19-18-23(27)21-26(25)32(28,29)30/h14,16-21,27H,2-13,15H2,1H3,(H,28,29,30). The van der Waals surface area contributed by atoms with Crippen LogP contribution in [0.2, 0.25) is 0 Å². The van der Waals surface area contributed by atoms with Crippen molar-refractivity contribution in [3.63, 3.8) is 0 Å². The van der Waals surface area contributed by atoms with E-state index in [1.54, 1.807) is 6.07 Å². The minimum atomic E-state index is -4.51. The van der Waals surface area contributed by atoms with Crippen molar-refractivity contribution in [2.45, 2.75) is 95.3 Å². The van der Waals surface area contributed by atoms with Crippen LogP contribution in [0.4, 0.5) is 0 Å². The van der Waals surface area contributed by atoms with E-state index in [9.17, 15) is 18.1 Å². The van der Waals surface area contributed by atoms with Gasteiger partial charge in [-0.2, -0.15) is 8.42 Å². The van der Waals surface area contributed by atoms with Crippen LogP contribution in [0.3, 0.4) is 0 Å². The number of hydrogen-bond donors (Lipinski definition) is 2. The summed E-state index contributed by atoms with van der Waals surface area (Å²) < 4.78 is 38.2. The van der Waals surface area contributed by atoms with E-state index in [1.165, 1.54) is 82.8 Å². The molecule has 0 saturated carbocycles.